The Morgan fingerprint density at radius 2 is 2.08 bits per heavy atom. The summed E-state index contributed by atoms with van der Waals surface area (Å²) in [7, 11) is 0. The van der Waals surface area contributed by atoms with Gasteiger partial charge in [0.1, 0.15) is 0 Å². The first-order chi connectivity index (χ1) is 5.84. The van der Waals surface area contributed by atoms with E-state index in [9.17, 15) is 0 Å². The Labute approximate surface area is 74.3 Å². The molecule has 1 N–H and O–H groups in total. The van der Waals surface area contributed by atoms with Crippen LogP contribution in [0.25, 0.3) is 0 Å². The van der Waals surface area contributed by atoms with E-state index in [4.69, 9.17) is 9.84 Å². The molecule has 0 radical (unpaired) electrons. The van der Waals surface area contributed by atoms with Gasteiger partial charge in [-0.15, -0.1) is 0 Å². The minimum atomic E-state index is 0.314. The van der Waals surface area contributed by atoms with Crippen LogP contribution in [0.3, 0.4) is 0 Å². The predicted molar refractivity (Wildman–Crippen MR) is 48.2 cm³/mol. The van der Waals surface area contributed by atoms with Crippen molar-refractivity contribution >= 4 is 0 Å². The average Bonchev–Trinajstić information content (AvgIpc) is 2.15. The van der Waals surface area contributed by atoms with Crippen LogP contribution >= 0.6 is 0 Å². The maximum atomic E-state index is 8.67. The van der Waals surface area contributed by atoms with Crippen molar-refractivity contribution in [3.05, 3.63) is 0 Å². The van der Waals surface area contributed by atoms with Crippen molar-refractivity contribution in [3.63, 3.8) is 0 Å². The van der Waals surface area contributed by atoms with Crippen molar-refractivity contribution < 1.29 is 9.84 Å². The molecule has 0 bridgehead atoms. The van der Waals surface area contributed by atoms with Gasteiger partial charge in [0.25, 0.3) is 0 Å². The van der Waals surface area contributed by atoms with Gasteiger partial charge in [0.2, 0.25) is 0 Å². The summed E-state index contributed by atoms with van der Waals surface area (Å²) < 4.78 is 5.26. The number of aliphatic hydroxyl groups is 1. The fraction of sp³-hybridized carbons (Fsp3) is 1.00. The SMILES string of the molecule is CC(CCCO)N1CCOCC1. The number of morpholine rings is 1. The lowest BCUT2D eigenvalue weighted by molar-refractivity contribution is 0.0175. The quantitative estimate of drug-likeness (QED) is 0.671. The van der Waals surface area contributed by atoms with Gasteiger partial charge >= 0.3 is 0 Å². The summed E-state index contributed by atoms with van der Waals surface area (Å²) in [6, 6.07) is 0.598. The number of hydrogen-bond acceptors (Lipinski definition) is 3. The van der Waals surface area contributed by atoms with E-state index < -0.39 is 0 Å². The van der Waals surface area contributed by atoms with Crippen molar-refractivity contribution in [2.75, 3.05) is 32.9 Å². The zero-order valence-electron chi connectivity index (χ0n) is 7.83. The summed E-state index contributed by atoms with van der Waals surface area (Å²) in [5.41, 5.74) is 0. The van der Waals surface area contributed by atoms with Gasteiger partial charge in [-0.05, 0) is 19.8 Å². The van der Waals surface area contributed by atoms with Gasteiger partial charge in [-0.25, -0.2) is 0 Å². The van der Waals surface area contributed by atoms with Crippen LogP contribution in [0.15, 0.2) is 0 Å². The van der Waals surface area contributed by atoms with Crippen LogP contribution in [0.4, 0.5) is 0 Å². The molecule has 1 atom stereocenters. The van der Waals surface area contributed by atoms with Gasteiger partial charge in [-0.3, -0.25) is 4.90 Å². The van der Waals surface area contributed by atoms with Gasteiger partial charge in [0.15, 0.2) is 0 Å². The van der Waals surface area contributed by atoms with Crippen LogP contribution in [-0.2, 0) is 4.74 Å². The van der Waals surface area contributed by atoms with Gasteiger partial charge in [0.05, 0.1) is 13.2 Å². The highest BCUT2D eigenvalue weighted by Crippen LogP contribution is 2.08. The smallest absolute Gasteiger partial charge is 0.0594 e. The Kier molecular flexibility index (Phi) is 4.58. The Morgan fingerprint density at radius 3 is 2.67 bits per heavy atom. The molecule has 1 aliphatic heterocycles. The molecular weight excluding hydrogens is 154 g/mol. The van der Waals surface area contributed by atoms with E-state index in [-0.39, 0.29) is 0 Å². The second-order valence-corrected chi connectivity index (χ2v) is 3.36. The minimum Gasteiger partial charge on any atom is -0.396 e. The summed E-state index contributed by atoms with van der Waals surface area (Å²) in [5, 5.41) is 8.67. The monoisotopic (exact) mass is 173 g/mol. The molecule has 1 aliphatic rings. The van der Waals surface area contributed by atoms with Gasteiger partial charge in [-0.1, -0.05) is 0 Å². The van der Waals surface area contributed by atoms with E-state index in [0.29, 0.717) is 12.6 Å². The van der Waals surface area contributed by atoms with Crippen molar-refractivity contribution in [1.29, 1.82) is 0 Å². The maximum absolute atomic E-state index is 8.67. The molecule has 0 aromatic heterocycles. The van der Waals surface area contributed by atoms with E-state index in [2.05, 4.69) is 11.8 Å². The summed E-state index contributed by atoms with van der Waals surface area (Å²) in [6.07, 6.45) is 2.01. The molecule has 72 valence electrons. The molecule has 12 heavy (non-hydrogen) atoms. The standard InChI is InChI=1S/C9H19NO2/c1-9(3-2-6-11)10-4-7-12-8-5-10/h9,11H,2-8H2,1H3. The zero-order chi connectivity index (χ0) is 8.81. The second kappa shape index (κ2) is 5.51. The lowest BCUT2D eigenvalue weighted by Crippen LogP contribution is -2.42. The number of rotatable bonds is 4. The molecule has 0 amide bonds. The van der Waals surface area contributed by atoms with Crippen LogP contribution < -0.4 is 0 Å². The summed E-state index contributed by atoms with van der Waals surface area (Å²) in [5.74, 6) is 0. The number of hydrogen-bond donors (Lipinski definition) is 1. The lowest BCUT2D eigenvalue weighted by atomic mass is 10.1. The highest BCUT2D eigenvalue weighted by molar-refractivity contribution is 4.69. The van der Waals surface area contributed by atoms with E-state index in [1.807, 2.05) is 0 Å². The Morgan fingerprint density at radius 1 is 1.42 bits per heavy atom. The highest BCUT2D eigenvalue weighted by atomic mass is 16.5. The van der Waals surface area contributed by atoms with E-state index in [0.717, 1.165) is 39.1 Å². The molecule has 1 heterocycles. The number of nitrogens with zero attached hydrogens (tertiary/aromatic N) is 1. The molecule has 1 rings (SSSR count). The molecule has 0 aliphatic carbocycles. The topological polar surface area (TPSA) is 32.7 Å². The van der Waals surface area contributed by atoms with Crippen molar-refractivity contribution in [1.82, 2.24) is 4.90 Å². The normalized spacial score (nSPS) is 22.5. The third kappa shape index (κ3) is 3.09. The Balaban J connectivity index is 2.15. The molecule has 3 nitrogen and oxygen atoms in total. The molecule has 1 unspecified atom stereocenters. The average molecular weight is 173 g/mol. The number of ether oxygens (including phenoxy) is 1. The number of aliphatic hydroxyl groups excluding tert-OH is 1. The molecular formula is C9H19NO2. The largest absolute Gasteiger partial charge is 0.396 e. The highest BCUT2D eigenvalue weighted by Gasteiger charge is 2.15. The summed E-state index contributed by atoms with van der Waals surface area (Å²) >= 11 is 0. The maximum Gasteiger partial charge on any atom is 0.0594 e. The van der Waals surface area contributed by atoms with Crippen molar-refractivity contribution in [3.8, 4) is 0 Å². The van der Waals surface area contributed by atoms with Gasteiger partial charge in [-0.2, -0.15) is 0 Å². The molecule has 1 fully saturated rings. The van der Waals surface area contributed by atoms with Crippen LogP contribution in [0.1, 0.15) is 19.8 Å². The Bertz CT molecular complexity index is 113. The molecule has 1 saturated heterocycles. The van der Waals surface area contributed by atoms with E-state index in [1.165, 1.54) is 0 Å². The second-order valence-electron chi connectivity index (χ2n) is 3.36. The van der Waals surface area contributed by atoms with Crippen molar-refractivity contribution in [2.24, 2.45) is 0 Å². The fourth-order valence-electron chi connectivity index (χ4n) is 1.59. The van der Waals surface area contributed by atoms with Crippen molar-refractivity contribution in [2.45, 2.75) is 25.8 Å². The third-order valence-corrected chi connectivity index (χ3v) is 2.45. The lowest BCUT2D eigenvalue weighted by Gasteiger charge is -2.32. The van der Waals surface area contributed by atoms with Gasteiger partial charge in [0, 0.05) is 25.7 Å². The van der Waals surface area contributed by atoms with Gasteiger partial charge < -0.3 is 9.84 Å². The van der Waals surface area contributed by atoms with Crippen LogP contribution in [-0.4, -0.2) is 49.0 Å². The van der Waals surface area contributed by atoms with Crippen LogP contribution in [0.2, 0.25) is 0 Å². The molecule has 0 saturated carbocycles. The van der Waals surface area contributed by atoms with Crippen LogP contribution in [0, 0.1) is 0 Å². The van der Waals surface area contributed by atoms with Crippen LogP contribution in [0.5, 0.6) is 0 Å². The minimum absolute atomic E-state index is 0.314. The summed E-state index contributed by atoms with van der Waals surface area (Å²) in [4.78, 5) is 2.43. The third-order valence-electron chi connectivity index (χ3n) is 2.45. The first kappa shape index (κ1) is 9.96. The predicted octanol–water partition coefficient (Wildman–Crippen LogP) is 0.480. The molecule has 0 spiro atoms. The Hall–Kier alpha value is -0.120. The van der Waals surface area contributed by atoms with E-state index in [1.54, 1.807) is 0 Å². The van der Waals surface area contributed by atoms with E-state index >= 15 is 0 Å². The zero-order valence-corrected chi connectivity index (χ0v) is 7.83. The summed E-state index contributed by atoms with van der Waals surface area (Å²) in [6.45, 7) is 6.36. The molecule has 0 aromatic rings. The first-order valence-electron chi connectivity index (χ1n) is 4.77. The molecule has 3 heteroatoms. The molecule has 0 aromatic carbocycles. The first-order valence-corrected chi connectivity index (χ1v) is 4.77. The fourth-order valence-corrected chi connectivity index (χ4v) is 1.59.